The minimum absolute atomic E-state index is 0.237. The fourth-order valence-corrected chi connectivity index (χ4v) is 3.15. The van der Waals surface area contributed by atoms with E-state index >= 15 is 0 Å². The van der Waals surface area contributed by atoms with Crippen LogP contribution in [-0.2, 0) is 6.61 Å². The number of rotatable bonds is 6. The van der Waals surface area contributed by atoms with Crippen molar-refractivity contribution in [2.45, 2.75) is 26.4 Å². The molecule has 2 aromatic heterocycles. The van der Waals surface area contributed by atoms with E-state index in [9.17, 15) is 4.79 Å². The SMILES string of the molecule is CC(C)c1[nH]nc(C(=O)Nc2ccc(OCc3ccccc3)nc2)c1Br. The van der Waals surface area contributed by atoms with E-state index in [1.807, 2.05) is 44.2 Å². The van der Waals surface area contributed by atoms with Crippen molar-refractivity contribution in [2.24, 2.45) is 0 Å². The summed E-state index contributed by atoms with van der Waals surface area (Å²) in [5.41, 5.74) is 2.84. The molecule has 0 spiro atoms. The Morgan fingerprint density at radius 1 is 1.23 bits per heavy atom. The number of H-pyrrole nitrogens is 1. The third-order valence-corrected chi connectivity index (χ3v) is 4.55. The second-order valence-electron chi connectivity index (χ2n) is 6.07. The largest absolute Gasteiger partial charge is 0.473 e. The average molecular weight is 415 g/mol. The molecule has 134 valence electrons. The number of pyridine rings is 1. The molecule has 3 aromatic rings. The summed E-state index contributed by atoms with van der Waals surface area (Å²) in [5, 5.41) is 9.76. The Morgan fingerprint density at radius 3 is 2.62 bits per heavy atom. The summed E-state index contributed by atoms with van der Waals surface area (Å²) in [7, 11) is 0. The number of ether oxygens (including phenoxy) is 1. The lowest BCUT2D eigenvalue weighted by atomic mass is 10.1. The highest BCUT2D eigenvalue weighted by molar-refractivity contribution is 9.10. The summed E-state index contributed by atoms with van der Waals surface area (Å²) in [6, 6.07) is 13.3. The molecule has 0 saturated heterocycles. The maximum absolute atomic E-state index is 12.4. The molecule has 0 radical (unpaired) electrons. The zero-order chi connectivity index (χ0) is 18.5. The van der Waals surface area contributed by atoms with E-state index in [4.69, 9.17) is 4.74 Å². The van der Waals surface area contributed by atoms with Crippen LogP contribution in [-0.4, -0.2) is 21.1 Å². The summed E-state index contributed by atoms with van der Waals surface area (Å²) in [5.74, 6) is 0.427. The van der Waals surface area contributed by atoms with Crippen LogP contribution < -0.4 is 10.1 Å². The molecule has 0 bridgehead atoms. The predicted molar refractivity (Wildman–Crippen MR) is 103 cm³/mol. The van der Waals surface area contributed by atoms with Gasteiger partial charge in [0, 0.05) is 6.07 Å². The number of aromatic amines is 1. The van der Waals surface area contributed by atoms with Crippen LogP contribution in [0.1, 0.15) is 41.5 Å². The van der Waals surface area contributed by atoms with Gasteiger partial charge in [0.05, 0.1) is 22.1 Å². The molecule has 0 atom stereocenters. The fourth-order valence-electron chi connectivity index (χ4n) is 2.34. The van der Waals surface area contributed by atoms with Gasteiger partial charge in [-0.3, -0.25) is 9.89 Å². The number of hydrogen-bond acceptors (Lipinski definition) is 4. The van der Waals surface area contributed by atoms with Gasteiger partial charge < -0.3 is 10.1 Å². The quantitative estimate of drug-likeness (QED) is 0.620. The fraction of sp³-hybridized carbons (Fsp3) is 0.211. The maximum atomic E-state index is 12.4. The Balaban J connectivity index is 1.61. The lowest BCUT2D eigenvalue weighted by Crippen LogP contribution is -2.13. The molecule has 1 amide bonds. The van der Waals surface area contributed by atoms with E-state index in [2.05, 4.69) is 36.4 Å². The van der Waals surface area contributed by atoms with Crippen molar-refractivity contribution >= 4 is 27.5 Å². The van der Waals surface area contributed by atoms with Crippen molar-refractivity contribution in [3.8, 4) is 5.88 Å². The van der Waals surface area contributed by atoms with Gasteiger partial charge in [-0.15, -0.1) is 0 Å². The molecule has 1 aromatic carbocycles. The van der Waals surface area contributed by atoms with E-state index in [1.165, 1.54) is 0 Å². The predicted octanol–water partition coefficient (Wildman–Crippen LogP) is 4.52. The van der Waals surface area contributed by atoms with E-state index in [-0.39, 0.29) is 11.8 Å². The first-order valence-corrected chi connectivity index (χ1v) is 9.01. The number of carbonyl (C=O) groups excluding carboxylic acids is 1. The van der Waals surface area contributed by atoms with Gasteiger partial charge in [-0.1, -0.05) is 44.2 Å². The summed E-state index contributed by atoms with van der Waals surface area (Å²) in [6.45, 7) is 4.49. The molecule has 0 unspecified atom stereocenters. The molecule has 0 saturated carbocycles. The molecular formula is C19H19BrN4O2. The molecule has 2 N–H and O–H groups in total. The Hall–Kier alpha value is -2.67. The van der Waals surface area contributed by atoms with Gasteiger partial charge in [-0.25, -0.2) is 4.98 Å². The Kier molecular flexibility index (Phi) is 5.68. The van der Waals surface area contributed by atoms with Crippen LogP contribution in [0.25, 0.3) is 0 Å². The van der Waals surface area contributed by atoms with Gasteiger partial charge in [-0.05, 0) is 33.5 Å². The molecule has 0 aliphatic carbocycles. The summed E-state index contributed by atoms with van der Waals surface area (Å²) < 4.78 is 6.32. The number of nitrogens with one attached hydrogen (secondary N) is 2. The van der Waals surface area contributed by atoms with Crippen LogP contribution in [0.15, 0.2) is 53.1 Å². The molecule has 2 heterocycles. The van der Waals surface area contributed by atoms with Crippen LogP contribution >= 0.6 is 15.9 Å². The van der Waals surface area contributed by atoms with Crippen LogP contribution in [0.3, 0.4) is 0 Å². The summed E-state index contributed by atoms with van der Waals surface area (Å²) in [4.78, 5) is 16.6. The monoisotopic (exact) mass is 414 g/mol. The van der Waals surface area contributed by atoms with Gasteiger partial charge in [0.25, 0.3) is 5.91 Å². The molecule has 0 aliphatic heterocycles. The van der Waals surface area contributed by atoms with Crippen LogP contribution in [0.4, 0.5) is 5.69 Å². The van der Waals surface area contributed by atoms with Gasteiger partial charge in [0.1, 0.15) is 6.61 Å². The lowest BCUT2D eigenvalue weighted by Gasteiger charge is -2.07. The van der Waals surface area contributed by atoms with Crippen molar-refractivity contribution in [1.29, 1.82) is 0 Å². The summed E-state index contributed by atoms with van der Waals surface area (Å²) >= 11 is 3.43. The zero-order valence-electron chi connectivity index (χ0n) is 14.5. The van der Waals surface area contributed by atoms with Crippen molar-refractivity contribution in [3.63, 3.8) is 0 Å². The number of nitrogens with zero attached hydrogens (tertiary/aromatic N) is 2. The number of anilines is 1. The van der Waals surface area contributed by atoms with Gasteiger partial charge >= 0.3 is 0 Å². The minimum atomic E-state index is -0.306. The second-order valence-corrected chi connectivity index (χ2v) is 6.86. The first-order valence-electron chi connectivity index (χ1n) is 8.22. The van der Waals surface area contributed by atoms with E-state index in [1.54, 1.807) is 18.3 Å². The maximum Gasteiger partial charge on any atom is 0.277 e. The van der Waals surface area contributed by atoms with E-state index < -0.39 is 0 Å². The standard InChI is InChI=1S/C19H19BrN4O2/c1-12(2)17-16(20)18(24-23-17)19(25)22-14-8-9-15(21-10-14)26-11-13-6-4-3-5-7-13/h3-10,12H,11H2,1-2H3,(H,22,25)(H,23,24). The summed E-state index contributed by atoms with van der Waals surface area (Å²) in [6.07, 6.45) is 1.56. The Labute approximate surface area is 160 Å². The Bertz CT molecular complexity index is 876. The van der Waals surface area contributed by atoms with Crippen LogP contribution in [0, 0.1) is 0 Å². The van der Waals surface area contributed by atoms with Crippen LogP contribution in [0.5, 0.6) is 5.88 Å². The van der Waals surface area contributed by atoms with Crippen LogP contribution in [0.2, 0.25) is 0 Å². The molecule has 0 fully saturated rings. The molecule has 3 rings (SSSR count). The first kappa shape index (κ1) is 18.1. The Morgan fingerprint density at radius 2 is 2.00 bits per heavy atom. The highest BCUT2D eigenvalue weighted by atomic mass is 79.9. The van der Waals surface area contributed by atoms with E-state index in [0.717, 1.165) is 11.3 Å². The average Bonchev–Trinajstić information content (AvgIpc) is 3.04. The molecular weight excluding hydrogens is 396 g/mol. The molecule has 0 aliphatic rings. The van der Waals surface area contributed by atoms with Gasteiger partial charge in [-0.2, -0.15) is 5.10 Å². The molecule has 26 heavy (non-hydrogen) atoms. The number of halogens is 1. The van der Waals surface area contributed by atoms with E-state index in [0.29, 0.717) is 28.3 Å². The number of aromatic nitrogens is 3. The second kappa shape index (κ2) is 8.14. The number of amides is 1. The first-order chi connectivity index (χ1) is 12.5. The van der Waals surface area contributed by atoms with Gasteiger partial charge in [0.15, 0.2) is 5.69 Å². The third-order valence-electron chi connectivity index (χ3n) is 3.75. The van der Waals surface area contributed by atoms with Crippen molar-refractivity contribution in [1.82, 2.24) is 15.2 Å². The molecule has 6 nitrogen and oxygen atoms in total. The number of carbonyl (C=O) groups is 1. The van der Waals surface area contributed by atoms with Crippen molar-refractivity contribution in [2.75, 3.05) is 5.32 Å². The third kappa shape index (κ3) is 4.29. The zero-order valence-corrected chi connectivity index (χ0v) is 16.1. The highest BCUT2D eigenvalue weighted by Crippen LogP contribution is 2.26. The van der Waals surface area contributed by atoms with Gasteiger partial charge in [0.2, 0.25) is 5.88 Å². The lowest BCUT2D eigenvalue weighted by molar-refractivity contribution is 0.102. The smallest absolute Gasteiger partial charge is 0.277 e. The van der Waals surface area contributed by atoms with Crippen molar-refractivity contribution in [3.05, 3.63) is 70.1 Å². The number of hydrogen-bond donors (Lipinski definition) is 2. The topological polar surface area (TPSA) is 79.9 Å². The molecule has 7 heteroatoms. The normalized spacial score (nSPS) is 10.8. The minimum Gasteiger partial charge on any atom is -0.473 e. The highest BCUT2D eigenvalue weighted by Gasteiger charge is 2.19. The number of benzene rings is 1. The van der Waals surface area contributed by atoms with Crippen molar-refractivity contribution < 1.29 is 9.53 Å².